The van der Waals surface area contributed by atoms with Crippen LogP contribution >= 0.6 is 22.7 Å². The Balaban J connectivity index is 1.76. The molecule has 1 fully saturated rings. The first-order chi connectivity index (χ1) is 16.3. The molecule has 1 aliphatic rings. The van der Waals surface area contributed by atoms with E-state index < -0.39 is 5.97 Å². The average molecular weight is 509 g/mol. The number of aryl methyl sites for hydroxylation is 2. The predicted molar refractivity (Wildman–Crippen MR) is 136 cm³/mol. The second-order valence-electron chi connectivity index (χ2n) is 8.88. The number of methoxy groups -OCH3 is 2. The van der Waals surface area contributed by atoms with Gasteiger partial charge in [-0.2, -0.15) is 0 Å². The van der Waals surface area contributed by atoms with E-state index in [4.69, 9.17) is 9.47 Å². The fourth-order valence-electron chi connectivity index (χ4n) is 4.44. The van der Waals surface area contributed by atoms with Gasteiger partial charge in [0.25, 0.3) is 11.8 Å². The van der Waals surface area contributed by atoms with Crippen molar-refractivity contribution in [1.29, 1.82) is 0 Å². The molecule has 0 bridgehead atoms. The largest absolute Gasteiger partial charge is 0.465 e. The van der Waals surface area contributed by atoms with Crippen LogP contribution in [-0.4, -0.2) is 62.7 Å². The number of anilines is 2. The van der Waals surface area contributed by atoms with E-state index in [1.165, 1.54) is 18.4 Å². The van der Waals surface area contributed by atoms with Crippen molar-refractivity contribution in [2.24, 2.45) is 0 Å². The Kier molecular flexibility index (Phi) is 9.24. The molecule has 186 valence electrons. The van der Waals surface area contributed by atoms with Crippen molar-refractivity contribution in [2.75, 3.05) is 51.0 Å². The molecular formula is C24H34N3O5S2+. The number of hydrogen-bond donors (Lipinski definition) is 2. The number of carbonyl (C=O) groups excluding carboxylic acids is 3. The highest BCUT2D eigenvalue weighted by Crippen LogP contribution is 2.30. The number of esters is 1. The van der Waals surface area contributed by atoms with Crippen LogP contribution in [0.5, 0.6) is 0 Å². The Morgan fingerprint density at radius 3 is 2.03 bits per heavy atom. The van der Waals surface area contributed by atoms with E-state index in [-0.39, 0.29) is 24.9 Å². The van der Waals surface area contributed by atoms with Gasteiger partial charge in [-0.3, -0.25) is 9.59 Å². The summed E-state index contributed by atoms with van der Waals surface area (Å²) in [5, 5.41) is 9.84. The van der Waals surface area contributed by atoms with Crippen molar-refractivity contribution in [1.82, 2.24) is 0 Å². The molecule has 0 aliphatic carbocycles. The fourth-order valence-corrected chi connectivity index (χ4v) is 6.32. The molecule has 0 atom stereocenters. The third-order valence-electron chi connectivity index (χ3n) is 6.17. The van der Waals surface area contributed by atoms with Crippen LogP contribution in [0.15, 0.2) is 10.8 Å². The monoisotopic (exact) mass is 508 g/mol. The zero-order valence-corrected chi connectivity index (χ0v) is 22.0. The fraction of sp³-hybridized carbons (Fsp3) is 0.542. The van der Waals surface area contributed by atoms with E-state index in [1.54, 1.807) is 18.4 Å². The molecular weight excluding hydrogens is 474 g/mol. The van der Waals surface area contributed by atoms with Crippen LogP contribution in [0.1, 0.15) is 51.4 Å². The predicted octanol–water partition coefficient (Wildman–Crippen LogP) is 4.33. The van der Waals surface area contributed by atoms with E-state index in [2.05, 4.69) is 10.6 Å². The first-order valence-corrected chi connectivity index (χ1v) is 13.2. The highest BCUT2D eigenvalue weighted by atomic mass is 32.1. The minimum Gasteiger partial charge on any atom is -0.465 e. The second kappa shape index (κ2) is 11.9. The number of rotatable bonds is 9. The van der Waals surface area contributed by atoms with Gasteiger partial charge in [0.05, 0.1) is 43.1 Å². The van der Waals surface area contributed by atoms with Gasteiger partial charge >= 0.3 is 5.97 Å². The van der Waals surface area contributed by atoms with Crippen LogP contribution < -0.4 is 10.6 Å². The van der Waals surface area contributed by atoms with Gasteiger partial charge in [-0.15, -0.1) is 22.7 Å². The summed E-state index contributed by atoms with van der Waals surface area (Å²) in [4.78, 5) is 39.8. The Hall–Kier alpha value is -2.27. The molecule has 1 aliphatic heterocycles. The van der Waals surface area contributed by atoms with E-state index in [1.807, 2.05) is 24.6 Å². The Morgan fingerprint density at radius 1 is 0.882 bits per heavy atom. The Morgan fingerprint density at radius 2 is 1.44 bits per heavy atom. The van der Waals surface area contributed by atoms with Gasteiger partial charge in [0.1, 0.15) is 4.88 Å². The minimum atomic E-state index is -0.468. The zero-order chi connectivity index (χ0) is 24.7. The molecule has 1 saturated heterocycles. The third-order valence-corrected chi connectivity index (χ3v) is 8.33. The summed E-state index contributed by atoms with van der Waals surface area (Å²) in [6.45, 7) is 6.19. The molecule has 3 rings (SSSR count). The Bertz CT molecular complexity index is 1020. The molecule has 2 N–H and O–H groups in total. The zero-order valence-electron chi connectivity index (χ0n) is 20.3. The van der Waals surface area contributed by atoms with Crippen molar-refractivity contribution in [2.45, 2.75) is 46.1 Å². The number of amides is 2. The molecule has 0 saturated carbocycles. The SMILES string of the molecule is COCc1scc(C)c1NC(=O)C[N+]1(CC(=O)Nc2c(C)csc2C(=O)OC)CCCCCC1. The number of hydrogen-bond acceptors (Lipinski definition) is 7. The van der Waals surface area contributed by atoms with Crippen molar-refractivity contribution in [3.63, 3.8) is 0 Å². The maximum absolute atomic E-state index is 13.2. The van der Waals surface area contributed by atoms with Gasteiger partial charge in [-0.05, 0) is 61.4 Å². The maximum Gasteiger partial charge on any atom is 0.350 e. The van der Waals surface area contributed by atoms with Gasteiger partial charge in [0.15, 0.2) is 13.1 Å². The topological polar surface area (TPSA) is 93.7 Å². The number of likely N-dealkylation sites (tertiary alicyclic amines) is 1. The van der Waals surface area contributed by atoms with Crippen molar-refractivity contribution < 1.29 is 28.3 Å². The molecule has 0 radical (unpaired) electrons. The lowest BCUT2D eigenvalue weighted by molar-refractivity contribution is -0.912. The van der Waals surface area contributed by atoms with Crippen LogP contribution in [0, 0.1) is 13.8 Å². The van der Waals surface area contributed by atoms with Crippen molar-refractivity contribution in [3.8, 4) is 0 Å². The van der Waals surface area contributed by atoms with Gasteiger partial charge in [-0.25, -0.2) is 4.79 Å². The standard InChI is InChI=1S/C24H33N3O5S2/c1-16-14-33-18(13-31-3)21(16)25-19(28)11-27(9-7-5-6-8-10-27)12-20(29)26-22-17(2)15-34-23(22)24(30)32-4/h14-15H,5-13H2,1-4H3,(H-,25,26,28,29,30)/p+1. The van der Waals surface area contributed by atoms with Gasteiger partial charge < -0.3 is 24.6 Å². The summed E-state index contributed by atoms with van der Waals surface area (Å²) in [5.41, 5.74) is 3.13. The summed E-state index contributed by atoms with van der Waals surface area (Å²) in [5.74, 6) is -0.770. The summed E-state index contributed by atoms with van der Waals surface area (Å²) in [6.07, 6.45) is 4.14. The van der Waals surface area contributed by atoms with Crippen LogP contribution in [0.25, 0.3) is 0 Å². The number of ether oxygens (including phenoxy) is 2. The van der Waals surface area contributed by atoms with Gasteiger partial charge in [0.2, 0.25) is 0 Å². The van der Waals surface area contributed by atoms with E-state index >= 15 is 0 Å². The second-order valence-corrected chi connectivity index (χ2v) is 10.7. The molecule has 8 nitrogen and oxygen atoms in total. The van der Waals surface area contributed by atoms with E-state index in [0.29, 0.717) is 21.7 Å². The quantitative estimate of drug-likeness (QED) is 0.389. The van der Waals surface area contributed by atoms with Gasteiger partial charge in [-0.1, -0.05) is 0 Å². The van der Waals surface area contributed by atoms with E-state index in [9.17, 15) is 14.4 Å². The maximum atomic E-state index is 13.2. The first kappa shape index (κ1) is 26.3. The number of nitrogens with zero attached hydrogens (tertiary/aromatic N) is 1. The van der Waals surface area contributed by atoms with Crippen molar-refractivity contribution >= 4 is 51.8 Å². The molecule has 10 heteroatoms. The molecule has 34 heavy (non-hydrogen) atoms. The molecule has 0 spiro atoms. The Labute approximate surface area is 208 Å². The van der Waals surface area contributed by atoms with Gasteiger partial charge in [0, 0.05) is 7.11 Å². The third kappa shape index (κ3) is 6.44. The molecule has 0 aromatic carbocycles. The molecule has 2 amide bonds. The lowest BCUT2D eigenvalue weighted by atomic mass is 10.2. The number of thiophene rings is 2. The molecule has 0 unspecified atom stereocenters. The summed E-state index contributed by atoms with van der Waals surface area (Å²) in [7, 11) is 2.96. The highest BCUT2D eigenvalue weighted by molar-refractivity contribution is 7.12. The highest BCUT2D eigenvalue weighted by Gasteiger charge is 2.35. The first-order valence-electron chi connectivity index (χ1n) is 11.5. The molecule has 3 heterocycles. The molecule has 2 aromatic heterocycles. The molecule has 2 aromatic rings. The van der Waals surface area contributed by atoms with Crippen LogP contribution in [0.4, 0.5) is 11.4 Å². The average Bonchev–Trinajstić information content (AvgIpc) is 3.22. The summed E-state index contributed by atoms with van der Waals surface area (Å²) in [6, 6.07) is 0. The number of quaternary nitrogens is 1. The lowest BCUT2D eigenvalue weighted by Crippen LogP contribution is -2.56. The number of nitrogens with one attached hydrogen (secondary N) is 2. The van der Waals surface area contributed by atoms with Crippen LogP contribution in [0.2, 0.25) is 0 Å². The number of carbonyl (C=O) groups is 3. The van der Waals surface area contributed by atoms with Crippen LogP contribution in [-0.2, 0) is 25.7 Å². The van der Waals surface area contributed by atoms with Crippen LogP contribution in [0.3, 0.4) is 0 Å². The lowest BCUT2D eigenvalue weighted by Gasteiger charge is -2.36. The summed E-state index contributed by atoms with van der Waals surface area (Å²) >= 11 is 2.82. The van der Waals surface area contributed by atoms with E-state index in [0.717, 1.165) is 60.5 Å². The normalized spacial score (nSPS) is 15.4. The summed E-state index contributed by atoms with van der Waals surface area (Å²) < 4.78 is 10.5. The minimum absolute atomic E-state index is 0.101. The smallest absolute Gasteiger partial charge is 0.350 e. The van der Waals surface area contributed by atoms with Crippen molar-refractivity contribution in [3.05, 3.63) is 31.6 Å².